The predicted octanol–water partition coefficient (Wildman–Crippen LogP) is 3.67. The molecule has 0 N–H and O–H groups in total. The number of alkyl halides is 1. The SMILES string of the molecule is C=C(CCF)C(=O)N(CCOCCCOC(C)=O)c1cccc(Br)c1. The molecule has 1 amide bonds. The van der Waals surface area contributed by atoms with Crippen molar-refractivity contribution < 1.29 is 23.5 Å². The molecule has 0 bridgehead atoms. The average molecular weight is 416 g/mol. The van der Waals surface area contributed by atoms with Gasteiger partial charge in [0.25, 0.3) is 5.91 Å². The Balaban J connectivity index is 2.59. The van der Waals surface area contributed by atoms with Gasteiger partial charge in [0.15, 0.2) is 0 Å². The lowest BCUT2D eigenvalue weighted by atomic mass is 10.2. The fourth-order valence-electron chi connectivity index (χ4n) is 2.04. The number of nitrogens with zero attached hydrogens (tertiary/aromatic N) is 1. The Hall–Kier alpha value is -1.73. The Kier molecular flexibility index (Phi) is 10.0. The Morgan fingerprint density at radius 1 is 1.28 bits per heavy atom. The Bertz CT molecular complexity index is 594. The molecule has 0 aromatic heterocycles. The van der Waals surface area contributed by atoms with Crippen LogP contribution in [0.5, 0.6) is 0 Å². The van der Waals surface area contributed by atoms with Gasteiger partial charge in [-0.1, -0.05) is 28.6 Å². The molecule has 0 atom stereocenters. The molecule has 0 aliphatic carbocycles. The fraction of sp³-hybridized carbons (Fsp3) is 0.444. The summed E-state index contributed by atoms with van der Waals surface area (Å²) in [7, 11) is 0. The number of benzene rings is 1. The smallest absolute Gasteiger partial charge is 0.302 e. The molecule has 25 heavy (non-hydrogen) atoms. The van der Waals surface area contributed by atoms with Crippen molar-refractivity contribution in [3.05, 3.63) is 40.9 Å². The standard InChI is InChI=1S/C18H23BrFNO4/c1-14(7-8-20)18(23)21(17-6-3-5-16(19)13-17)9-12-24-10-4-11-25-15(2)22/h3,5-6,13H,1,4,7-12H2,2H3. The lowest BCUT2D eigenvalue weighted by molar-refractivity contribution is -0.141. The zero-order valence-electron chi connectivity index (χ0n) is 14.3. The quantitative estimate of drug-likeness (QED) is 0.314. The second-order valence-electron chi connectivity index (χ2n) is 5.29. The first-order valence-electron chi connectivity index (χ1n) is 7.98. The molecule has 0 fully saturated rings. The Morgan fingerprint density at radius 3 is 2.68 bits per heavy atom. The molecule has 138 valence electrons. The van der Waals surface area contributed by atoms with E-state index in [9.17, 15) is 14.0 Å². The average Bonchev–Trinajstić information content (AvgIpc) is 2.56. The lowest BCUT2D eigenvalue weighted by Crippen LogP contribution is -2.35. The summed E-state index contributed by atoms with van der Waals surface area (Å²) in [5, 5.41) is 0. The first-order valence-corrected chi connectivity index (χ1v) is 8.77. The van der Waals surface area contributed by atoms with Gasteiger partial charge in [0.05, 0.1) is 19.9 Å². The van der Waals surface area contributed by atoms with Gasteiger partial charge in [0.2, 0.25) is 0 Å². The number of anilines is 1. The summed E-state index contributed by atoms with van der Waals surface area (Å²) in [5.74, 6) is -0.642. The van der Waals surface area contributed by atoms with E-state index in [1.807, 2.05) is 12.1 Å². The van der Waals surface area contributed by atoms with Gasteiger partial charge in [0.1, 0.15) is 0 Å². The number of carbonyl (C=O) groups excluding carboxylic acids is 2. The fourth-order valence-corrected chi connectivity index (χ4v) is 2.43. The third kappa shape index (κ3) is 8.27. The summed E-state index contributed by atoms with van der Waals surface area (Å²) < 4.78 is 23.7. The van der Waals surface area contributed by atoms with Crippen LogP contribution in [0.2, 0.25) is 0 Å². The molecule has 0 saturated carbocycles. The van der Waals surface area contributed by atoms with Crippen LogP contribution in [0.25, 0.3) is 0 Å². The van der Waals surface area contributed by atoms with Crippen LogP contribution in [0.4, 0.5) is 10.1 Å². The van der Waals surface area contributed by atoms with E-state index in [4.69, 9.17) is 9.47 Å². The van der Waals surface area contributed by atoms with E-state index >= 15 is 0 Å². The van der Waals surface area contributed by atoms with E-state index < -0.39 is 6.67 Å². The molecule has 0 heterocycles. The molecule has 1 aromatic carbocycles. The summed E-state index contributed by atoms with van der Waals surface area (Å²) >= 11 is 3.38. The van der Waals surface area contributed by atoms with Gasteiger partial charge < -0.3 is 14.4 Å². The number of halogens is 2. The number of amides is 1. The van der Waals surface area contributed by atoms with Crippen molar-refractivity contribution in [1.29, 1.82) is 0 Å². The van der Waals surface area contributed by atoms with E-state index in [1.165, 1.54) is 11.8 Å². The molecule has 0 unspecified atom stereocenters. The monoisotopic (exact) mass is 415 g/mol. The minimum absolute atomic E-state index is 0.00653. The van der Waals surface area contributed by atoms with Crippen LogP contribution in [-0.2, 0) is 19.1 Å². The summed E-state index contributed by atoms with van der Waals surface area (Å²) in [6, 6.07) is 7.28. The van der Waals surface area contributed by atoms with Gasteiger partial charge in [-0.15, -0.1) is 0 Å². The largest absolute Gasteiger partial charge is 0.466 e. The summed E-state index contributed by atoms with van der Waals surface area (Å²) in [6.45, 7) is 5.74. The minimum Gasteiger partial charge on any atom is -0.466 e. The second kappa shape index (κ2) is 11.8. The van der Waals surface area contributed by atoms with E-state index in [1.54, 1.807) is 12.1 Å². The summed E-state index contributed by atoms with van der Waals surface area (Å²) in [6.07, 6.45) is 0.589. The van der Waals surface area contributed by atoms with Crippen molar-refractivity contribution in [2.75, 3.05) is 37.9 Å². The van der Waals surface area contributed by atoms with Crippen molar-refractivity contribution in [3.63, 3.8) is 0 Å². The Morgan fingerprint density at radius 2 is 2.04 bits per heavy atom. The number of carbonyl (C=O) groups is 2. The number of hydrogen-bond donors (Lipinski definition) is 0. The molecular weight excluding hydrogens is 393 g/mol. The third-order valence-electron chi connectivity index (χ3n) is 3.26. The molecule has 0 spiro atoms. The first kappa shape index (κ1) is 21.3. The normalized spacial score (nSPS) is 10.4. The van der Waals surface area contributed by atoms with Crippen molar-refractivity contribution in [2.24, 2.45) is 0 Å². The van der Waals surface area contributed by atoms with Crippen LogP contribution in [0.1, 0.15) is 19.8 Å². The zero-order valence-corrected chi connectivity index (χ0v) is 15.9. The van der Waals surface area contributed by atoms with E-state index in [-0.39, 0.29) is 23.9 Å². The minimum atomic E-state index is -0.621. The molecule has 7 heteroatoms. The number of esters is 1. The Labute approximate surface area is 155 Å². The number of rotatable bonds is 11. The van der Waals surface area contributed by atoms with Crippen LogP contribution < -0.4 is 4.90 Å². The van der Waals surface area contributed by atoms with E-state index in [2.05, 4.69) is 22.5 Å². The van der Waals surface area contributed by atoms with Crippen LogP contribution in [0.3, 0.4) is 0 Å². The van der Waals surface area contributed by atoms with Gasteiger partial charge in [-0.2, -0.15) is 0 Å². The van der Waals surface area contributed by atoms with Gasteiger partial charge in [-0.05, 0) is 18.2 Å². The van der Waals surface area contributed by atoms with E-state index in [0.29, 0.717) is 38.5 Å². The maximum Gasteiger partial charge on any atom is 0.302 e. The highest BCUT2D eigenvalue weighted by Crippen LogP contribution is 2.22. The molecule has 1 rings (SSSR count). The molecule has 0 aliphatic heterocycles. The molecule has 0 saturated heterocycles. The maximum atomic E-state index is 12.5. The van der Waals surface area contributed by atoms with Gasteiger partial charge in [-0.25, -0.2) is 0 Å². The molecular formula is C18H23BrFNO4. The summed E-state index contributed by atoms with van der Waals surface area (Å²) in [5.41, 5.74) is 0.903. The topological polar surface area (TPSA) is 55.8 Å². The maximum absolute atomic E-state index is 12.5. The highest BCUT2D eigenvalue weighted by Gasteiger charge is 2.18. The van der Waals surface area contributed by atoms with Crippen LogP contribution in [0.15, 0.2) is 40.9 Å². The lowest BCUT2D eigenvalue weighted by Gasteiger charge is -2.24. The number of hydrogen-bond acceptors (Lipinski definition) is 4. The molecule has 1 aromatic rings. The van der Waals surface area contributed by atoms with Crippen molar-refractivity contribution in [2.45, 2.75) is 19.8 Å². The molecule has 0 aliphatic rings. The van der Waals surface area contributed by atoms with Gasteiger partial charge >= 0.3 is 5.97 Å². The van der Waals surface area contributed by atoms with Crippen molar-refractivity contribution in [1.82, 2.24) is 0 Å². The van der Waals surface area contributed by atoms with Crippen molar-refractivity contribution >= 4 is 33.5 Å². The zero-order chi connectivity index (χ0) is 18.7. The highest BCUT2D eigenvalue weighted by atomic mass is 79.9. The molecule has 5 nitrogen and oxygen atoms in total. The highest BCUT2D eigenvalue weighted by molar-refractivity contribution is 9.10. The van der Waals surface area contributed by atoms with Gasteiger partial charge in [-0.3, -0.25) is 14.0 Å². The second-order valence-corrected chi connectivity index (χ2v) is 6.20. The predicted molar refractivity (Wildman–Crippen MR) is 98.3 cm³/mol. The van der Waals surface area contributed by atoms with Gasteiger partial charge in [0, 0.05) is 48.7 Å². The number of ether oxygens (including phenoxy) is 2. The molecule has 0 radical (unpaired) electrons. The van der Waals surface area contributed by atoms with Crippen LogP contribution in [0, 0.1) is 0 Å². The first-order chi connectivity index (χ1) is 12.0. The van der Waals surface area contributed by atoms with E-state index in [0.717, 1.165) is 4.47 Å². The third-order valence-corrected chi connectivity index (χ3v) is 3.75. The summed E-state index contributed by atoms with van der Waals surface area (Å²) in [4.78, 5) is 24.7. The van der Waals surface area contributed by atoms with Crippen molar-refractivity contribution in [3.8, 4) is 0 Å². The van der Waals surface area contributed by atoms with Crippen LogP contribution >= 0.6 is 15.9 Å². The van der Waals surface area contributed by atoms with Crippen LogP contribution in [-0.4, -0.2) is 44.9 Å².